The summed E-state index contributed by atoms with van der Waals surface area (Å²) in [5.74, 6) is 0.539. The highest BCUT2D eigenvalue weighted by Gasteiger charge is 2.25. The molecule has 0 spiro atoms. The molecule has 4 nitrogen and oxygen atoms in total. The second-order valence-electron chi connectivity index (χ2n) is 4.71. The number of rotatable bonds is 7. The Balaban J connectivity index is 1.90. The van der Waals surface area contributed by atoms with Gasteiger partial charge in [-0.05, 0) is 18.2 Å². The Morgan fingerprint density at radius 3 is 3.05 bits per heavy atom. The van der Waals surface area contributed by atoms with Crippen LogP contribution in [0.25, 0.3) is 0 Å². The summed E-state index contributed by atoms with van der Waals surface area (Å²) in [6.07, 6.45) is 0.724. The Hall–Kier alpha value is -1.17. The lowest BCUT2D eigenvalue weighted by Gasteiger charge is -2.24. The van der Waals surface area contributed by atoms with Crippen LogP contribution in [-0.2, 0) is 11.2 Å². The average molecular weight is 269 g/mol. The van der Waals surface area contributed by atoms with E-state index in [1.54, 1.807) is 13.2 Å². The topological polar surface area (TPSA) is 41.9 Å². The molecule has 1 aromatic carbocycles. The summed E-state index contributed by atoms with van der Waals surface area (Å²) in [7, 11) is 1.65. The van der Waals surface area contributed by atoms with Gasteiger partial charge in [0.2, 0.25) is 0 Å². The summed E-state index contributed by atoms with van der Waals surface area (Å²) in [6, 6.07) is 4.62. The standard InChI is InChI=1S/C14H20FNO3/c1-18-7-5-16(4-6-17)10-13-9-11-8-12(15)2-3-14(11)19-13/h2-3,8,13,17H,4-7,9-10H2,1H3. The minimum Gasteiger partial charge on any atom is -0.488 e. The molecule has 1 N–H and O–H groups in total. The Labute approximate surface area is 112 Å². The Morgan fingerprint density at radius 1 is 1.47 bits per heavy atom. The Kier molecular flexibility index (Phi) is 5.13. The minimum atomic E-state index is -0.227. The van der Waals surface area contributed by atoms with Gasteiger partial charge in [-0.1, -0.05) is 0 Å². The van der Waals surface area contributed by atoms with Crippen molar-refractivity contribution in [3.63, 3.8) is 0 Å². The predicted molar refractivity (Wildman–Crippen MR) is 69.9 cm³/mol. The number of nitrogens with zero attached hydrogens (tertiary/aromatic N) is 1. The normalized spacial score (nSPS) is 17.6. The van der Waals surface area contributed by atoms with E-state index in [-0.39, 0.29) is 18.5 Å². The molecule has 106 valence electrons. The quantitative estimate of drug-likeness (QED) is 0.804. The van der Waals surface area contributed by atoms with Gasteiger partial charge in [-0.3, -0.25) is 4.90 Å². The molecule has 0 saturated heterocycles. The van der Waals surface area contributed by atoms with E-state index >= 15 is 0 Å². The molecule has 0 radical (unpaired) electrons. The third-order valence-corrected chi connectivity index (χ3v) is 3.25. The molecule has 1 heterocycles. The molecule has 0 amide bonds. The average Bonchev–Trinajstić information content (AvgIpc) is 2.77. The van der Waals surface area contributed by atoms with Crippen molar-refractivity contribution in [3.8, 4) is 5.75 Å². The largest absolute Gasteiger partial charge is 0.488 e. The number of methoxy groups -OCH3 is 1. The van der Waals surface area contributed by atoms with Crippen LogP contribution < -0.4 is 4.74 Å². The third-order valence-electron chi connectivity index (χ3n) is 3.25. The lowest BCUT2D eigenvalue weighted by molar-refractivity contribution is 0.0969. The van der Waals surface area contributed by atoms with Gasteiger partial charge >= 0.3 is 0 Å². The van der Waals surface area contributed by atoms with Crippen molar-refractivity contribution in [2.24, 2.45) is 0 Å². The van der Waals surface area contributed by atoms with Gasteiger partial charge in [-0.15, -0.1) is 0 Å². The fraction of sp³-hybridized carbons (Fsp3) is 0.571. The first-order valence-corrected chi connectivity index (χ1v) is 6.50. The zero-order chi connectivity index (χ0) is 13.7. The van der Waals surface area contributed by atoms with Crippen LogP contribution in [0.3, 0.4) is 0 Å². The van der Waals surface area contributed by atoms with Gasteiger partial charge in [0.25, 0.3) is 0 Å². The zero-order valence-electron chi connectivity index (χ0n) is 11.1. The smallest absolute Gasteiger partial charge is 0.123 e. The van der Waals surface area contributed by atoms with Crippen LogP contribution in [0, 0.1) is 5.82 Å². The van der Waals surface area contributed by atoms with Crippen LogP contribution in [0.4, 0.5) is 4.39 Å². The first kappa shape index (κ1) is 14.2. The molecule has 2 rings (SSSR count). The van der Waals surface area contributed by atoms with Crippen molar-refractivity contribution in [1.82, 2.24) is 4.90 Å². The maximum atomic E-state index is 13.1. The van der Waals surface area contributed by atoms with Crippen molar-refractivity contribution in [3.05, 3.63) is 29.6 Å². The van der Waals surface area contributed by atoms with E-state index in [1.807, 2.05) is 0 Å². The van der Waals surface area contributed by atoms with Gasteiger partial charge in [0.1, 0.15) is 17.7 Å². The maximum Gasteiger partial charge on any atom is 0.123 e. The predicted octanol–water partition coefficient (Wildman–Crippen LogP) is 1.07. The van der Waals surface area contributed by atoms with Crippen molar-refractivity contribution >= 4 is 0 Å². The van der Waals surface area contributed by atoms with Crippen molar-refractivity contribution in [2.75, 3.05) is 40.0 Å². The molecule has 1 aromatic rings. The molecule has 19 heavy (non-hydrogen) atoms. The van der Waals surface area contributed by atoms with E-state index in [1.165, 1.54) is 12.1 Å². The van der Waals surface area contributed by atoms with Gasteiger partial charge < -0.3 is 14.6 Å². The summed E-state index contributed by atoms with van der Waals surface area (Å²) in [4.78, 5) is 2.09. The fourth-order valence-electron chi connectivity index (χ4n) is 2.34. The van der Waals surface area contributed by atoms with Gasteiger partial charge in [-0.2, -0.15) is 0 Å². The molecule has 1 atom stereocenters. The molecule has 5 heteroatoms. The summed E-state index contributed by atoms with van der Waals surface area (Å²) < 4.78 is 24.0. The first-order chi connectivity index (χ1) is 9.22. The zero-order valence-corrected chi connectivity index (χ0v) is 11.1. The lowest BCUT2D eigenvalue weighted by atomic mass is 10.1. The van der Waals surface area contributed by atoms with Crippen LogP contribution in [0.15, 0.2) is 18.2 Å². The first-order valence-electron chi connectivity index (χ1n) is 6.50. The summed E-state index contributed by atoms with van der Waals surface area (Å²) in [5, 5.41) is 9.05. The van der Waals surface area contributed by atoms with Crippen LogP contribution in [0.1, 0.15) is 5.56 Å². The third kappa shape index (κ3) is 3.89. The van der Waals surface area contributed by atoms with Crippen LogP contribution in [0.5, 0.6) is 5.75 Å². The lowest BCUT2D eigenvalue weighted by Crippen LogP contribution is -2.38. The molecule has 1 aliphatic heterocycles. The SMILES string of the molecule is COCCN(CCO)CC1Cc2cc(F)ccc2O1. The number of hydrogen-bond donors (Lipinski definition) is 1. The summed E-state index contributed by atoms with van der Waals surface area (Å²) in [5.41, 5.74) is 0.917. The second-order valence-corrected chi connectivity index (χ2v) is 4.71. The summed E-state index contributed by atoms with van der Waals surface area (Å²) in [6.45, 7) is 2.78. The molecule has 0 aliphatic carbocycles. The van der Waals surface area contributed by atoms with Crippen molar-refractivity contribution in [2.45, 2.75) is 12.5 Å². The molecular formula is C14H20FNO3. The van der Waals surface area contributed by atoms with Crippen LogP contribution in [0.2, 0.25) is 0 Å². The molecule has 0 fully saturated rings. The highest BCUT2D eigenvalue weighted by atomic mass is 19.1. The molecular weight excluding hydrogens is 249 g/mol. The Bertz CT molecular complexity index is 414. The maximum absolute atomic E-state index is 13.1. The van der Waals surface area contributed by atoms with Crippen molar-refractivity contribution < 1.29 is 19.0 Å². The number of benzene rings is 1. The molecule has 0 aromatic heterocycles. The second kappa shape index (κ2) is 6.84. The van der Waals surface area contributed by atoms with E-state index in [0.717, 1.165) is 17.9 Å². The highest BCUT2D eigenvalue weighted by molar-refractivity contribution is 5.37. The van der Waals surface area contributed by atoms with Crippen LogP contribution in [-0.4, -0.2) is 56.1 Å². The minimum absolute atomic E-state index is 0.0141. The van der Waals surface area contributed by atoms with Gasteiger partial charge in [0.15, 0.2) is 0 Å². The molecule has 1 unspecified atom stereocenters. The van der Waals surface area contributed by atoms with E-state index in [4.69, 9.17) is 14.6 Å². The summed E-state index contributed by atoms with van der Waals surface area (Å²) >= 11 is 0. The van der Waals surface area contributed by atoms with Crippen LogP contribution >= 0.6 is 0 Å². The monoisotopic (exact) mass is 269 g/mol. The van der Waals surface area contributed by atoms with Crippen molar-refractivity contribution in [1.29, 1.82) is 0 Å². The fourth-order valence-corrected chi connectivity index (χ4v) is 2.34. The van der Waals surface area contributed by atoms with E-state index in [9.17, 15) is 4.39 Å². The number of aliphatic hydroxyl groups excluding tert-OH is 1. The highest BCUT2D eigenvalue weighted by Crippen LogP contribution is 2.29. The number of ether oxygens (including phenoxy) is 2. The molecule has 0 saturated carbocycles. The van der Waals surface area contributed by atoms with Gasteiger partial charge in [-0.25, -0.2) is 4.39 Å². The number of halogens is 1. The Morgan fingerprint density at radius 2 is 2.32 bits per heavy atom. The number of aliphatic hydroxyl groups is 1. The van der Waals surface area contributed by atoms with Gasteiger partial charge in [0.05, 0.1) is 13.2 Å². The van der Waals surface area contributed by atoms with E-state index in [0.29, 0.717) is 26.1 Å². The molecule has 0 bridgehead atoms. The van der Waals surface area contributed by atoms with E-state index in [2.05, 4.69) is 4.90 Å². The van der Waals surface area contributed by atoms with Gasteiger partial charge in [0, 0.05) is 38.7 Å². The number of hydrogen-bond acceptors (Lipinski definition) is 4. The molecule has 1 aliphatic rings. The van der Waals surface area contributed by atoms with E-state index < -0.39 is 0 Å². The number of fused-ring (bicyclic) bond motifs is 1.